The van der Waals surface area contributed by atoms with Crippen LogP contribution in [0, 0.1) is 23.2 Å². The van der Waals surface area contributed by atoms with E-state index in [4.69, 9.17) is 15.7 Å². The van der Waals surface area contributed by atoms with Gasteiger partial charge in [-0.15, -0.1) is 0 Å². The van der Waals surface area contributed by atoms with Gasteiger partial charge in [-0.05, 0) is 55.4 Å². The number of hydrogen-bond acceptors (Lipinski definition) is 4. The van der Waals surface area contributed by atoms with Crippen LogP contribution in [0.3, 0.4) is 0 Å². The van der Waals surface area contributed by atoms with Gasteiger partial charge in [-0.25, -0.2) is 0 Å². The topological polar surface area (TPSA) is 79.3 Å². The van der Waals surface area contributed by atoms with Crippen LogP contribution in [-0.2, 0) is 4.79 Å². The van der Waals surface area contributed by atoms with Crippen LogP contribution < -0.4 is 10.5 Å². The Hall–Kier alpha value is -2.06. The maximum Gasteiger partial charge on any atom is 0.239 e. The zero-order valence-corrected chi connectivity index (χ0v) is 12.6. The van der Waals surface area contributed by atoms with Gasteiger partial charge < -0.3 is 15.4 Å². The van der Waals surface area contributed by atoms with Crippen molar-refractivity contribution in [1.29, 1.82) is 5.26 Å². The fraction of sp³-hybridized carbons (Fsp3) is 0.529. The van der Waals surface area contributed by atoms with Crippen LogP contribution in [0.2, 0.25) is 0 Å². The molecule has 1 aromatic carbocycles. The van der Waals surface area contributed by atoms with Crippen molar-refractivity contribution in [1.82, 2.24) is 4.90 Å². The average Bonchev–Trinajstić information content (AvgIpc) is 3.12. The van der Waals surface area contributed by atoms with Crippen LogP contribution in [0.5, 0.6) is 5.75 Å². The van der Waals surface area contributed by atoms with Gasteiger partial charge in [0.25, 0.3) is 0 Å². The molecule has 1 aromatic rings. The molecule has 0 unspecified atom stereocenters. The molecule has 1 saturated heterocycles. The molecule has 1 saturated carbocycles. The van der Waals surface area contributed by atoms with Crippen molar-refractivity contribution in [2.45, 2.75) is 25.3 Å². The Kier molecular flexibility index (Phi) is 4.30. The number of nitrogens with two attached hydrogens (primary N) is 1. The second-order valence-corrected chi connectivity index (χ2v) is 6.16. The number of amides is 1. The van der Waals surface area contributed by atoms with E-state index in [0.717, 1.165) is 38.1 Å². The van der Waals surface area contributed by atoms with Gasteiger partial charge in [0.05, 0.1) is 24.3 Å². The van der Waals surface area contributed by atoms with E-state index in [1.165, 1.54) is 0 Å². The van der Waals surface area contributed by atoms with Crippen molar-refractivity contribution >= 4 is 5.91 Å². The highest BCUT2D eigenvalue weighted by atomic mass is 16.5. The lowest BCUT2D eigenvalue weighted by Crippen LogP contribution is -2.44. The normalized spacial score (nSPS) is 24.6. The predicted molar refractivity (Wildman–Crippen MR) is 82.0 cm³/mol. The molecule has 1 amide bonds. The lowest BCUT2D eigenvalue weighted by Gasteiger charge is -2.20. The Bertz CT molecular complexity index is 573. The molecule has 116 valence electrons. The molecule has 0 bridgehead atoms. The Morgan fingerprint density at radius 3 is 2.68 bits per heavy atom. The molecule has 5 heteroatoms. The van der Waals surface area contributed by atoms with Crippen molar-refractivity contribution in [2.24, 2.45) is 17.6 Å². The Balaban J connectivity index is 1.45. The van der Waals surface area contributed by atoms with Gasteiger partial charge in [0.2, 0.25) is 5.91 Å². The first kappa shape index (κ1) is 14.9. The number of nitrogens with zero attached hydrogens (tertiary/aromatic N) is 2. The number of benzene rings is 1. The SMILES string of the molecule is N#Cc1ccc(OC[C@H]2C[C@H]2[C@H](N)C(=O)N2CCCC2)cc1. The van der Waals surface area contributed by atoms with Crippen LogP contribution in [-0.4, -0.2) is 36.5 Å². The molecule has 2 aliphatic rings. The van der Waals surface area contributed by atoms with Gasteiger partial charge in [-0.1, -0.05) is 0 Å². The minimum Gasteiger partial charge on any atom is -0.493 e. The molecule has 0 aromatic heterocycles. The highest BCUT2D eigenvalue weighted by Gasteiger charge is 2.45. The maximum atomic E-state index is 12.2. The lowest BCUT2D eigenvalue weighted by atomic mass is 10.1. The molecule has 1 heterocycles. The monoisotopic (exact) mass is 299 g/mol. The summed E-state index contributed by atoms with van der Waals surface area (Å²) in [7, 11) is 0. The summed E-state index contributed by atoms with van der Waals surface area (Å²) in [5.74, 6) is 1.45. The molecular formula is C17H21N3O2. The fourth-order valence-corrected chi connectivity index (χ4v) is 3.06. The largest absolute Gasteiger partial charge is 0.493 e. The number of carbonyl (C=O) groups is 1. The summed E-state index contributed by atoms with van der Waals surface area (Å²) in [6.45, 7) is 2.29. The summed E-state index contributed by atoms with van der Waals surface area (Å²) in [4.78, 5) is 14.1. The number of hydrogen-bond donors (Lipinski definition) is 1. The van der Waals surface area contributed by atoms with E-state index in [1.807, 2.05) is 4.90 Å². The third-order valence-corrected chi connectivity index (χ3v) is 4.59. The predicted octanol–water partition coefficient (Wildman–Crippen LogP) is 1.52. The number of carbonyl (C=O) groups excluding carboxylic acids is 1. The van der Waals surface area contributed by atoms with Gasteiger partial charge in [0.1, 0.15) is 5.75 Å². The molecule has 1 aliphatic carbocycles. The second kappa shape index (κ2) is 6.37. The Morgan fingerprint density at radius 1 is 1.36 bits per heavy atom. The Labute approximate surface area is 130 Å². The van der Waals surface area contributed by atoms with Gasteiger partial charge in [-0.3, -0.25) is 4.79 Å². The van der Waals surface area contributed by atoms with Gasteiger partial charge in [0, 0.05) is 13.1 Å². The zero-order chi connectivity index (χ0) is 15.5. The smallest absolute Gasteiger partial charge is 0.239 e. The highest BCUT2D eigenvalue weighted by Crippen LogP contribution is 2.41. The van der Waals surface area contributed by atoms with Crippen molar-refractivity contribution in [2.75, 3.05) is 19.7 Å². The standard InChI is InChI=1S/C17H21N3O2/c18-10-12-3-5-14(6-4-12)22-11-13-9-15(13)16(19)17(21)20-7-1-2-8-20/h3-6,13,15-16H,1-2,7-9,11,19H2/t13-,15-,16+/m1/s1. The summed E-state index contributed by atoms with van der Waals surface area (Å²) in [6, 6.07) is 8.77. The number of rotatable bonds is 5. The molecule has 3 atom stereocenters. The van der Waals surface area contributed by atoms with Crippen LogP contribution in [0.15, 0.2) is 24.3 Å². The summed E-state index contributed by atoms with van der Waals surface area (Å²) < 4.78 is 5.73. The van der Waals surface area contributed by atoms with Crippen LogP contribution in [0.1, 0.15) is 24.8 Å². The molecular weight excluding hydrogens is 278 g/mol. The highest BCUT2D eigenvalue weighted by molar-refractivity contribution is 5.82. The van der Waals surface area contributed by atoms with E-state index in [2.05, 4.69) is 6.07 Å². The average molecular weight is 299 g/mol. The van der Waals surface area contributed by atoms with Crippen molar-refractivity contribution in [3.05, 3.63) is 29.8 Å². The minimum atomic E-state index is -0.382. The summed E-state index contributed by atoms with van der Waals surface area (Å²) in [5.41, 5.74) is 6.74. The van der Waals surface area contributed by atoms with Gasteiger partial charge >= 0.3 is 0 Å². The molecule has 3 rings (SSSR count). The molecule has 1 aliphatic heterocycles. The van der Waals surface area contributed by atoms with Crippen molar-refractivity contribution in [3.63, 3.8) is 0 Å². The first-order valence-corrected chi connectivity index (χ1v) is 7.86. The summed E-state index contributed by atoms with van der Waals surface area (Å²) >= 11 is 0. The van der Waals surface area contributed by atoms with E-state index < -0.39 is 0 Å². The minimum absolute atomic E-state index is 0.100. The third-order valence-electron chi connectivity index (χ3n) is 4.59. The number of ether oxygens (including phenoxy) is 1. The zero-order valence-electron chi connectivity index (χ0n) is 12.6. The first-order valence-electron chi connectivity index (χ1n) is 7.86. The van der Waals surface area contributed by atoms with Gasteiger partial charge in [-0.2, -0.15) is 5.26 Å². The molecule has 5 nitrogen and oxygen atoms in total. The maximum absolute atomic E-state index is 12.2. The molecule has 22 heavy (non-hydrogen) atoms. The summed E-state index contributed by atoms with van der Waals surface area (Å²) in [6.07, 6.45) is 3.14. The third kappa shape index (κ3) is 3.23. The quantitative estimate of drug-likeness (QED) is 0.894. The number of likely N-dealkylation sites (tertiary alicyclic amines) is 1. The molecule has 2 fully saturated rings. The second-order valence-electron chi connectivity index (χ2n) is 6.16. The van der Waals surface area contributed by atoms with E-state index in [9.17, 15) is 4.79 Å². The van der Waals surface area contributed by atoms with Gasteiger partial charge in [0.15, 0.2) is 0 Å². The van der Waals surface area contributed by atoms with Crippen LogP contribution in [0.4, 0.5) is 0 Å². The van der Waals surface area contributed by atoms with E-state index >= 15 is 0 Å². The summed E-state index contributed by atoms with van der Waals surface area (Å²) in [5, 5.41) is 8.75. The molecule has 0 radical (unpaired) electrons. The van der Waals surface area contributed by atoms with Crippen LogP contribution >= 0.6 is 0 Å². The van der Waals surface area contributed by atoms with Crippen molar-refractivity contribution < 1.29 is 9.53 Å². The lowest BCUT2D eigenvalue weighted by molar-refractivity contribution is -0.132. The fourth-order valence-electron chi connectivity index (χ4n) is 3.06. The van der Waals surface area contributed by atoms with E-state index in [0.29, 0.717) is 18.1 Å². The molecule has 0 spiro atoms. The van der Waals surface area contributed by atoms with Crippen LogP contribution in [0.25, 0.3) is 0 Å². The molecule has 2 N–H and O–H groups in total. The number of nitriles is 1. The van der Waals surface area contributed by atoms with E-state index in [-0.39, 0.29) is 17.9 Å². The Morgan fingerprint density at radius 2 is 2.05 bits per heavy atom. The first-order chi connectivity index (χ1) is 10.7. The van der Waals surface area contributed by atoms with Crippen molar-refractivity contribution in [3.8, 4) is 11.8 Å². The van der Waals surface area contributed by atoms with E-state index in [1.54, 1.807) is 24.3 Å².